The molecule has 0 aliphatic carbocycles. The second kappa shape index (κ2) is 13.4. The van der Waals surface area contributed by atoms with E-state index in [1.54, 1.807) is 55.7 Å². The van der Waals surface area contributed by atoms with Crippen LogP contribution in [0, 0.1) is 6.92 Å². The van der Waals surface area contributed by atoms with Gasteiger partial charge in [-0.1, -0.05) is 32.0 Å². The second-order valence-corrected chi connectivity index (χ2v) is 10.6. The highest BCUT2D eigenvalue weighted by Crippen LogP contribution is 2.35. The summed E-state index contributed by atoms with van der Waals surface area (Å²) in [5, 5.41) is -0.353. The molecule has 9 heteroatoms. The molecule has 0 bridgehead atoms. The average Bonchev–Trinajstić information content (AvgIpc) is 3.21. The minimum Gasteiger partial charge on any atom is -0.497 e. The molecule has 3 aromatic rings. The van der Waals surface area contributed by atoms with Gasteiger partial charge in [-0.2, -0.15) is 0 Å². The number of thioether (sulfide) groups is 1. The smallest absolute Gasteiger partial charge is 0.343 e. The number of methoxy groups -OCH3 is 1. The molecule has 0 atom stereocenters. The monoisotopic (exact) mass is 575 g/mol. The number of amides is 2. The first-order valence-electron chi connectivity index (χ1n) is 13.3. The fraction of sp³-hybridized carbons (Fsp3) is 0.281. The quantitative estimate of drug-likeness (QED) is 0.139. The van der Waals surface area contributed by atoms with Gasteiger partial charge in [0.1, 0.15) is 18.1 Å². The second-order valence-electron chi connectivity index (χ2n) is 9.63. The van der Waals surface area contributed by atoms with Gasteiger partial charge in [-0.15, -0.1) is 0 Å². The first-order chi connectivity index (χ1) is 19.7. The predicted octanol–water partition coefficient (Wildman–Crippen LogP) is 6.86. The number of rotatable bonds is 11. The number of esters is 1. The Morgan fingerprint density at radius 2 is 1.71 bits per heavy atom. The van der Waals surface area contributed by atoms with E-state index >= 15 is 0 Å². The Bertz CT molecular complexity index is 1460. The number of nitrogens with zero attached hydrogens (tertiary/aromatic N) is 1. The normalized spacial score (nSPS) is 14.1. The van der Waals surface area contributed by atoms with Crippen LogP contribution < -0.4 is 18.9 Å². The fourth-order valence-electron chi connectivity index (χ4n) is 4.19. The Kier molecular flexibility index (Phi) is 9.73. The van der Waals surface area contributed by atoms with Crippen LogP contribution in [0.4, 0.5) is 4.79 Å². The zero-order chi connectivity index (χ0) is 29.5. The minimum atomic E-state index is -0.545. The Labute approximate surface area is 244 Å². The number of carbonyl (C=O) groups excluding carboxylic acids is 3. The Balaban J connectivity index is 1.44. The third kappa shape index (κ3) is 7.29. The van der Waals surface area contributed by atoms with Crippen LogP contribution in [0.3, 0.4) is 0 Å². The number of benzene rings is 3. The lowest BCUT2D eigenvalue weighted by Gasteiger charge is -2.17. The van der Waals surface area contributed by atoms with E-state index in [-0.39, 0.29) is 36.0 Å². The number of aryl methyl sites for hydroxylation is 1. The Hall–Kier alpha value is -4.24. The first kappa shape index (κ1) is 29.7. The van der Waals surface area contributed by atoms with E-state index < -0.39 is 5.97 Å². The van der Waals surface area contributed by atoms with Gasteiger partial charge in [0.05, 0.1) is 30.7 Å². The van der Waals surface area contributed by atoms with Crippen molar-refractivity contribution in [3.8, 4) is 23.0 Å². The van der Waals surface area contributed by atoms with Gasteiger partial charge in [-0.3, -0.25) is 14.5 Å². The number of hydrogen-bond donors (Lipinski definition) is 0. The van der Waals surface area contributed by atoms with Crippen LogP contribution >= 0.6 is 11.8 Å². The first-order valence-corrected chi connectivity index (χ1v) is 14.1. The summed E-state index contributed by atoms with van der Waals surface area (Å²) >= 11 is 0.874. The number of hydrogen-bond acceptors (Lipinski definition) is 8. The van der Waals surface area contributed by atoms with Gasteiger partial charge in [-0.05, 0) is 96.8 Å². The van der Waals surface area contributed by atoms with Crippen LogP contribution in [0.15, 0.2) is 65.6 Å². The van der Waals surface area contributed by atoms with Crippen molar-refractivity contribution in [1.29, 1.82) is 0 Å². The Morgan fingerprint density at radius 3 is 2.39 bits per heavy atom. The molecule has 2 amide bonds. The van der Waals surface area contributed by atoms with Crippen molar-refractivity contribution in [1.82, 2.24) is 4.90 Å². The summed E-state index contributed by atoms with van der Waals surface area (Å²) in [5.41, 5.74) is 3.14. The molecule has 3 aromatic carbocycles. The van der Waals surface area contributed by atoms with E-state index in [1.807, 2.05) is 32.0 Å². The maximum absolute atomic E-state index is 13.1. The van der Waals surface area contributed by atoms with Crippen LogP contribution in [0.25, 0.3) is 6.08 Å². The molecule has 0 aromatic heterocycles. The highest BCUT2D eigenvalue weighted by molar-refractivity contribution is 8.18. The molecular weight excluding hydrogens is 542 g/mol. The molecule has 1 saturated heterocycles. The molecule has 0 N–H and O–H groups in total. The highest BCUT2D eigenvalue weighted by Gasteiger charge is 2.35. The average molecular weight is 576 g/mol. The molecule has 1 aliphatic heterocycles. The SMILES string of the molecule is CCOc1cc(/C=C2\SC(=O)N(CCOc3cc(C)ccc3C(C)C)C2=O)ccc1OC(=O)c1ccc(OC)cc1. The van der Waals surface area contributed by atoms with Crippen molar-refractivity contribution < 1.29 is 33.3 Å². The molecule has 0 spiro atoms. The van der Waals surface area contributed by atoms with Gasteiger partial charge in [0, 0.05) is 0 Å². The summed E-state index contributed by atoms with van der Waals surface area (Å²) in [6.45, 7) is 8.66. The van der Waals surface area contributed by atoms with Crippen LogP contribution in [0.1, 0.15) is 53.7 Å². The third-order valence-corrected chi connectivity index (χ3v) is 7.24. The summed E-state index contributed by atoms with van der Waals surface area (Å²) in [6.07, 6.45) is 1.63. The van der Waals surface area contributed by atoms with Gasteiger partial charge in [0.25, 0.3) is 11.1 Å². The van der Waals surface area contributed by atoms with Crippen LogP contribution in [0.2, 0.25) is 0 Å². The van der Waals surface area contributed by atoms with Gasteiger partial charge in [0.2, 0.25) is 0 Å². The summed E-state index contributed by atoms with van der Waals surface area (Å²) < 4.78 is 22.4. The standard InChI is InChI=1S/C32H33NO7S/c1-6-38-28-18-22(8-14-26(28)40-31(35)23-9-11-24(37-5)12-10-23)19-29-30(34)33(32(36)41-29)15-16-39-27-17-21(4)7-13-25(27)20(2)3/h7-14,17-20H,6,15-16H2,1-5H3/b29-19-. The van der Waals surface area contributed by atoms with Crippen molar-refractivity contribution in [3.63, 3.8) is 0 Å². The lowest BCUT2D eigenvalue weighted by molar-refractivity contribution is -0.123. The molecule has 214 valence electrons. The number of imide groups is 1. The summed E-state index contributed by atoms with van der Waals surface area (Å²) in [6, 6.07) is 17.6. The molecule has 4 rings (SSSR count). The third-order valence-electron chi connectivity index (χ3n) is 6.33. The lowest BCUT2D eigenvalue weighted by Crippen LogP contribution is -2.32. The van der Waals surface area contributed by atoms with E-state index in [4.69, 9.17) is 18.9 Å². The molecule has 1 heterocycles. The zero-order valence-electron chi connectivity index (χ0n) is 23.8. The maximum atomic E-state index is 13.1. The van der Waals surface area contributed by atoms with Gasteiger partial charge in [0.15, 0.2) is 11.5 Å². The number of carbonyl (C=O) groups is 3. The van der Waals surface area contributed by atoms with Crippen LogP contribution in [-0.4, -0.2) is 48.9 Å². The largest absolute Gasteiger partial charge is 0.497 e. The van der Waals surface area contributed by atoms with E-state index in [9.17, 15) is 14.4 Å². The van der Waals surface area contributed by atoms with Crippen LogP contribution in [-0.2, 0) is 4.79 Å². The highest BCUT2D eigenvalue weighted by atomic mass is 32.2. The predicted molar refractivity (Wildman–Crippen MR) is 159 cm³/mol. The zero-order valence-corrected chi connectivity index (χ0v) is 24.6. The van der Waals surface area contributed by atoms with Crippen molar-refractivity contribution in [2.75, 3.05) is 26.9 Å². The van der Waals surface area contributed by atoms with Crippen molar-refractivity contribution in [2.45, 2.75) is 33.6 Å². The summed E-state index contributed by atoms with van der Waals surface area (Å²) in [4.78, 5) is 39.9. The fourth-order valence-corrected chi connectivity index (χ4v) is 5.05. The summed E-state index contributed by atoms with van der Waals surface area (Å²) in [5.74, 6) is 1.33. The molecule has 0 radical (unpaired) electrons. The number of ether oxygens (including phenoxy) is 4. The lowest BCUT2D eigenvalue weighted by atomic mass is 10.0. The molecule has 0 saturated carbocycles. The maximum Gasteiger partial charge on any atom is 0.343 e. The molecule has 8 nitrogen and oxygen atoms in total. The van der Waals surface area contributed by atoms with Gasteiger partial charge in [-0.25, -0.2) is 4.79 Å². The van der Waals surface area contributed by atoms with E-state index in [0.29, 0.717) is 34.1 Å². The molecule has 1 fully saturated rings. The Morgan fingerprint density at radius 1 is 0.951 bits per heavy atom. The van der Waals surface area contributed by atoms with Crippen molar-refractivity contribution >= 4 is 35.0 Å². The molecule has 0 unspecified atom stereocenters. The van der Waals surface area contributed by atoms with Gasteiger partial charge >= 0.3 is 5.97 Å². The van der Waals surface area contributed by atoms with E-state index in [2.05, 4.69) is 13.8 Å². The van der Waals surface area contributed by atoms with Crippen molar-refractivity contribution in [3.05, 3.63) is 87.8 Å². The van der Waals surface area contributed by atoms with Gasteiger partial charge < -0.3 is 18.9 Å². The molecular formula is C32H33NO7S. The minimum absolute atomic E-state index is 0.137. The topological polar surface area (TPSA) is 91.4 Å². The van der Waals surface area contributed by atoms with Crippen molar-refractivity contribution in [2.24, 2.45) is 0 Å². The molecule has 41 heavy (non-hydrogen) atoms. The van der Waals surface area contributed by atoms with E-state index in [1.165, 1.54) is 4.90 Å². The summed E-state index contributed by atoms with van der Waals surface area (Å²) in [7, 11) is 1.55. The van der Waals surface area contributed by atoms with Crippen LogP contribution in [0.5, 0.6) is 23.0 Å². The molecule has 1 aliphatic rings. The van der Waals surface area contributed by atoms with E-state index in [0.717, 1.165) is 28.6 Å².